The zero-order chi connectivity index (χ0) is 12.7. The number of aryl methyl sites for hydroxylation is 1. The number of hydrogen-bond donors (Lipinski definition) is 1. The van der Waals surface area contributed by atoms with Gasteiger partial charge in [-0.15, -0.1) is 11.8 Å². The van der Waals surface area contributed by atoms with Gasteiger partial charge in [0.2, 0.25) is 0 Å². The molecule has 96 valence electrons. The van der Waals surface area contributed by atoms with E-state index in [0.29, 0.717) is 0 Å². The second kappa shape index (κ2) is 7.54. The van der Waals surface area contributed by atoms with Gasteiger partial charge in [-0.05, 0) is 32.9 Å². The Hall–Kier alpha value is -0.770. The normalized spacial score (nSPS) is 10.6. The third kappa shape index (κ3) is 4.54. The molecule has 17 heavy (non-hydrogen) atoms. The summed E-state index contributed by atoms with van der Waals surface area (Å²) in [5.74, 6) is 2.99. The van der Waals surface area contributed by atoms with Crippen molar-refractivity contribution < 1.29 is 0 Å². The van der Waals surface area contributed by atoms with Crippen LogP contribution in [0.2, 0.25) is 0 Å². The molecule has 0 bridgehead atoms. The van der Waals surface area contributed by atoms with E-state index in [1.54, 1.807) is 0 Å². The van der Waals surface area contributed by atoms with E-state index in [9.17, 15) is 0 Å². The Morgan fingerprint density at radius 3 is 2.53 bits per heavy atom. The Morgan fingerprint density at radius 1 is 1.12 bits per heavy atom. The summed E-state index contributed by atoms with van der Waals surface area (Å²) in [6.45, 7) is 9.27. The molecule has 0 aliphatic heterocycles. The lowest BCUT2D eigenvalue weighted by Crippen LogP contribution is -2.05. The summed E-state index contributed by atoms with van der Waals surface area (Å²) >= 11 is 1.85. The van der Waals surface area contributed by atoms with E-state index in [1.165, 1.54) is 24.8 Å². The van der Waals surface area contributed by atoms with Crippen LogP contribution in [0.25, 0.3) is 0 Å². The van der Waals surface area contributed by atoms with E-state index in [4.69, 9.17) is 0 Å². The average molecular weight is 253 g/mol. The minimum Gasteiger partial charge on any atom is -0.370 e. The van der Waals surface area contributed by atoms with Crippen molar-refractivity contribution in [3.63, 3.8) is 0 Å². The molecule has 0 aliphatic rings. The number of nitrogens with one attached hydrogen (secondary N) is 1. The van der Waals surface area contributed by atoms with Crippen LogP contribution in [-0.4, -0.2) is 22.3 Å². The SMILES string of the molecule is CCCCCSc1nc(C)nc(NCC)c1C. The average Bonchev–Trinajstić information content (AvgIpc) is 2.30. The van der Waals surface area contributed by atoms with Gasteiger partial charge < -0.3 is 5.32 Å². The van der Waals surface area contributed by atoms with Gasteiger partial charge in [0, 0.05) is 12.1 Å². The highest BCUT2D eigenvalue weighted by molar-refractivity contribution is 7.99. The van der Waals surface area contributed by atoms with Crippen LogP contribution >= 0.6 is 11.8 Å². The molecule has 0 unspecified atom stereocenters. The number of hydrogen-bond acceptors (Lipinski definition) is 4. The molecule has 0 spiro atoms. The van der Waals surface area contributed by atoms with Gasteiger partial charge in [0.1, 0.15) is 16.7 Å². The van der Waals surface area contributed by atoms with Crippen molar-refractivity contribution in [3.8, 4) is 0 Å². The van der Waals surface area contributed by atoms with E-state index >= 15 is 0 Å². The van der Waals surface area contributed by atoms with E-state index < -0.39 is 0 Å². The topological polar surface area (TPSA) is 37.8 Å². The van der Waals surface area contributed by atoms with Gasteiger partial charge in [-0.25, -0.2) is 9.97 Å². The van der Waals surface area contributed by atoms with Crippen LogP contribution in [0.3, 0.4) is 0 Å². The van der Waals surface area contributed by atoms with E-state index in [2.05, 4.69) is 36.1 Å². The predicted molar refractivity (Wildman–Crippen MR) is 75.9 cm³/mol. The predicted octanol–water partition coefficient (Wildman–Crippen LogP) is 3.81. The Kier molecular flexibility index (Phi) is 6.34. The van der Waals surface area contributed by atoms with Gasteiger partial charge in [-0.2, -0.15) is 0 Å². The molecule has 1 aromatic rings. The monoisotopic (exact) mass is 253 g/mol. The van der Waals surface area contributed by atoms with E-state index in [1.807, 2.05) is 18.7 Å². The molecule has 0 aromatic carbocycles. The lowest BCUT2D eigenvalue weighted by Gasteiger charge is -2.11. The summed E-state index contributed by atoms with van der Waals surface area (Å²) in [6, 6.07) is 0. The Bertz CT molecular complexity index is 353. The summed E-state index contributed by atoms with van der Waals surface area (Å²) in [5, 5.41) is 4.42. The summed E-state index contributed by atoms with van der Waals surface area (Å²) in [7, 11) is 0. The van der Waals surface area contributed by atoms with Gasteiger partial charge >= 0.3 is 0 Å². The third-order valence-corrected chi connectivity index (χ3v) is 3.71. The summed E-state index contributed by atoms with van der Waals surface area (Å²) in [4.78, 5) is 8.96. The van der Waals surface area contributed by atoms with Crippen molar-refractivity contribution in [1.82, 2.24) is 9.97 Å². The smallest absolute Gasteiger partial charge is 0.133 e. The maximum absolute atomic E-state index is 4.53. The van der Waals surface area contributed by atoms with Crippen LogP contribution in [0, 0.1) is 13.8 Å². The van der Waals surface area contributed by atoms with Gasteiger partial charge in [0.15, 0.2) is 0 Å². The van der Waals surface area contributed by atoms with Crippen molar-refractivity contribution >= 4 is 17.6 Å². The van der Waals surface area contributed by atoms with Crippen LogP contribution in [0.1, 0.15) is 44.5 Å². The minimum absolute atomic E-state index is 0.851. The van der Waals surface area contributed by atoms with Crippen molar-refractivity contribution in [2.75, 3.05) is 17.6 Å². The molecule has 3 nitrogen and oxygen atoms in total. The maximum atomic E-state index is 4.53. The molecule has 0 saturated carbocycles. The molecule has 0 amide bonds. The maximum Gasteiger partial charge on any atom is 0.133 e. The van der Waals surface area contributed by atoms with Gasteiger partial charge in [0.25, 0.3) is 0 Å². The lowest BCUT2D eigenvalue weighted by atomic mass is 10.3. The fraction of sp³-hybridized carbons (Fsp3) is 0.692. The molecule has 1 aromatic heterocycles. The van der Waals surface area contributed by atoms with Gasteiger partial charge in [-0.1, -0.05) is 19.8 Å². The molecule has 4 heteroatoms. The standard InChI is InChI=1S/C13H23N3S/c1-5-7-8-9-17-13-10(3)12(14-6-2)15-11(4)16-13/h5-9H2,1-4H3,(H,14,15,16). The van der Waals surface area contributed by atoms with Crippen LogP contribution < -0.4 is 5.32 Å². The lowest BCUT2D eigenvalue weighted by molar-refractivity contribution is 0.777. The molecule has 0 radical (unpaired) electrons. The molecular formula is C13H23N3S. The number of rotatable bonds is 7. The second-order valence-electron chi connectivity index (χ2n) is 4.14. The molecular weight excluding hydrogens is 230 g/mol. The molecule has 0 atom stereocenters. The van der Waals surface area contributed by atoms with E-state index in [-0.39, 0.29) is 0 Å². The molecule has 0 aliphatic carbocycles. The zero-order valence-electron chi connectivity index (χ0n) is 11.3. The molecule has 0 fully saturated rings. The quantitative estimate of drug-likeness (QED) is 0.455. The van der Waals surface area contributed by atoms with Crippen molar-refractivity contribution in [2.45, 2.75) is 52.0 Å². The first-order chi connectivity index (χ1) is 8.19. The highest BCUT2D eigenvalue weighted by Crippen LogP contribution is 2.25. The Labute approximate surface area is 109 Å². The number of aromatic nitrogens is 2. The summed E-state index contributed by atoms with van der Waals surface area (Å²) in [5.41, 5.74) is 1.18. The van der Waals surface area contributed by atoms with Crippen LogP contribution in [0.15, 0.2) is 5.03 Å². The Morgan fingerprint density at radius 2 is 1.88 bits per heavy atom. The summed E-state index contributed by atoms with van der Waals surface area (Å²) < 4.78 is 0. The van der Waals surface area contributed by atoms with Crippen molar-refractivity contribution in [1.29, 1.82) is 0 Å². The highest BCUT2D eigenvalue weighted by Gasteiger charge is 2.08. The number of nitrogens with zero attached hydrogens (tertiary/aromatic N) is 2. The van der Waals surface area contributed by atoms with Gasteiger partial charge in [-0.3, -0.25) is 0 Å². The fourth-order valence-corrected chi connectivity index (χ4v) is 2.66. The largest absolute Gasteiger partial charge is 0.370 e. The molecule has 0 saturated heterocycles. The van der Waals surface area contributed by atoms with Crippen molar-refractivity contribution in [2.24, 2.45) is 0 Å². The highest BCUT2D eigenvalue weighted by atomic mass is 32.2. The molecule has 1 N–H and O–H groups in total. The number of unbranched alkanes of at least 4 members (excludes halogenated alkanes) is 2. The van der Waals surface area contributed by atoms with Crippen LogP contribution in [0.5, 0.6) is 0 Å². The first-order valence-electron chi connectivity index (χ1n) is 6.40. The van der Waals surface area contributed by atoms with E-state index in [0.717, 1.165) is 29.0 Å². The van der Waals surface area contributed by atoms with Crippen molar-refractivity contribution in [3.05, 3.63) is 11.4 Å². The van der Waals surface area contributed by atoms with Crippen LogP contribution in [-0.2, 0) is 0 Å². The zero-order valence-corrected chi connectivity index (χ0v) is 12.2. The van der Waals surface area contributed by atoms with Crippen LogP contribution in [0.4, 0.5) is 5.82 Å². The second-order valence-corrected chi connectivity index (χ2v) is 5.22. The first kappa shape index (κ1) is 14.3. The fourth-order valence-electron chi connectivity index (χ4n) is 1.60. The first-order valence-corrected chi connectivity index (χ1v) is 7.39. The third-order valence-electron chi connectivity index (χ3n) is 2.54. The summed E-state index contributed by atoms with van der Waals surface area (Å²) in [6.07, 6.45) is 3.83. The number of thioether (sulfide) groups is 1. The molecule has 1 rings (SSSR count). The Balaban J connectivity index is 2.69. The molecule has 1 heterocycles. The van der Waals surface area contributed by atoms with Gasteiger partial charge in [0.05, 0.1) is 0 Å². The minimum atomic E-state index is 0.851. The number of anilines is 1.